The van der Waals surface area contributed by atoms with Crippen molar-refractivity contribution >= 4 is 11.9 Å². The van der Waals surface area contributed by atoms with Gasteiger partial charge in [0.1, 0.15) is 0 Å². The molecule has 0 aromatic rings. The third kappa shape index (κ3) is 4.49. The zero-order valence-corrected chi connectivity index (χ0v) is 7.51. The second-order valence-corrected chi connectivity index (χ2v) is 2.25. The van der Waals surface area contributed by atoms with Crippen LogP contribution in [-0.2, 0) is 14.3 Å². The van der Waals surface area contributed by atoms with Gasteiger partial charge in [0.25, 0.3) is 0 Å². The van der Waals surface area contributed by atoms with Crippen molar-refractivity contribution in [2.75, 3.05) is 7.11 Å². The maximum absolute atomic E-state index is 10.8. The Morgan fingerprint density at radius 1 is 1.50 bits per heavy atom. The number of allylic oxidation sites excluding steroid dienone is 1. The van der Waals surface area contributed by atoms with Crippen LogP contribution in [0.4, 0.5) is 0 Å². The molecule has 0 aromatic heterocycles. The largest absolute Gasteiger partial charge is 0.466 e. The quantitative estimate of drug-likeness (QED) is 0.499. The molecule has 0 saturated carbocycles. The van der Waals surface area contributed by atoms with Crippen molar-refractivity contribution in [1.29, 1.82) is 0 Å². The fraction of sp³-hybridized carbons (Fsp3) is 0.500. The van der Waals surface area contributed by atoms with E-state index in [4.69, 9.17) is 0 Å². The fourth-order valence-electron chi connectivity index (χ4n) is 0.580. The highest BCUT2D eigenvalue weighted by Gasteiger charge is 1.99. The van der Waals surface area contributed by atoms with Crippen molar-refractivity contribution in [2.24, 2.45) is 0 Å². The number of esters is 1. The van der Waals surface area contributed by atoms with Gasteiger partial charge in [0.05, 0.1) is 7.11 Å². The summed E-state index contributed by atoms with van der Waals surface area (Å²) in [4.78, 5) is 21.4. The molecule has 0 aromatic carbocycles. The highest BCUT2D eigenvalue weighted by atomic mass is 16.5. The van der Waals surface area contributed by atoms with Crippen molar-refractivity contribution in [1.82, 2.24) is 5.32 Å². The zero-order chi connectivity index (χ0) is 9.56. The Kier molecular flexibility index (Phi) is 4.76. The van der Waals surface area contributed by atoms with Crippen molar-refractivity contribution in [3.05, 3.63) is 11.8 Å². The summed E-state index contributed by atoms with van der Waals surface area (Å²) >= 11 is 0. The van der Waals surface area contributed by atoms with Gasteiger partial charge in [-0.15, -0.1) is 0 Å². The standard InChI is InChI=1S/C8H13NO3/c1-4-7(10)9-6(2)5-8(11)12-3/h5H,4H2,1-3H3,(H,9,10)/b6-5+. The maximum Gasteiger partial charge on any atom is 0.332 e. The van der Waals surface area contributed by atoms with E-state index in [0.717, 1.165) is 0 Å². The lowest BCUT2D eigenvalue weighted by Gasteiger charge is -2.01. The van der Waals surface area contributed by atoms with Crippen molar-refractivity contribution < 1.29 is 14.3 Å². The van der Waals surface area contributed by atoms with Gasteiger partial charge in [-0.3, -0.25) is 4.79 Å². The first-order valence-electron chi connectivity index (χ1n) is 3.66. The predicted octanol–water partition coefficient (Wildman–Crippen LogP) is 0.589. The second kappa shape index (κ2) is 5.35. The van der Waals surface area contributed by atoms with Crippen LogP contribution in [0.25, 0.3) is 0 Å². The zero-order valence-electron chi connectivity index (χ0n) is 7.51. The molecule has 0 fully saturated rings. The first-order valence-corrected chi connectivity index (χ1v) is 3.66. The lowest BCUT2D eigenvalue weighted by Crippen LogP contribution is -2.20. The molecule has 1 amide bonds. The van der Waals surface area contributed by atoms with Crippen molar-refractivity contribution in [2.45, 2.75) is 20.3 Å². The molecule has 1 N–H and O–H groups in total. The molecule has 0 aliphatic carbocycles. The van der Waals surface area contributed by atoms with Crippen LogP contribution >= 0.6 is 0 Å². The van der Waals surface area contributed by atoms with Gasteiger partial charge in [-0.2, -0.15) is 0 Å². The third-order valence-corrected chi connectivity index (χ3v) is 1.19. The first kappa shape index (κ1) is 10.7. The Hall–Kier alpha value is -1.32. The van der Waals surface area contributed by atoms with Gasteiger partial charge in [0, 0.05) is 18.2 Å². The van der Waals surface area contributed by atoms with Crippen LogP contribution < -0.4 is 5.32 Å². The summed E-state index contributed by atoms with van der Waals surface area (Å²) in [6.45, 7) is 3.37. The van der Waals surface area contributed by atoms with E-state index in [1.165, 1.54) is 13.2 Å². The highest BCUT2D eigenvalue weighted by molar-refractivity contribution is 5.84. The first-order chi connectivity index (χ1) is 5.60. The Morgan fingerprint density at radius 3 is 2.50 bits per heavy atom. The van der Waals surface area contributed by atoms with E-state index in [9.17, 15) is 9.59 Å². The number of hydrogen-bond acceptors (Lipinski definition) is 3. The third-order valence-electron chi connectivity index (χ3n) is 1.19. The summed E-state index contributed by atoms with van der Waals surface area (Å²) in [5, 5.41) is 2.52. The van der Waals surface area contributed by atoms with Crippen LogP contribution in [0.3, 0.4) is 0 Å². The predicted molar refractivity (Wildman–Crippen MR) is 44.2 cm³/mol. The summed E-state index contributed by atoms with van der Waals surface area (Å²) < 4.78 is 4.37. The SMILES string of the molecule is CCC(=O)N/C(C)=C/C(=O)OC. The molecule has 0 bridgehead atoms. The molecule has 0 radical (unpaired) electrons. The highest BCUT2D eigenvalue weighted by Crippen LogP contribution is 1.89. The van der Waals surface area contributed by atoms with E-state index >= 15 is 0 Å². The second-order valence-electron chi connectivity index (χ2n) is 2.25. The Morgan fingerprint density at radius 2 is 2.08 bits per heavy atom. The van der Waals surface area contributed by atoms with E-state index < -0.39 is 5.97 Å². The van der Waals surface area contributed by atoms with Crippen LogP contribution in [0.15, 0.2) is 11.8 Å². The van der Waals surface area contributed by atoms with Gasteiger partial charge in [-0.1, -0.05) is 6.92 Å². The van der Waals surface area contributed by atoms with Gasteiger partial charge < -0.3 is 10.1 Å². The number of carbonyl (C=O) groups is 2. The number of nitrogens with one attached hydrogen (secondary N) is 1. The minimum absolute atomic E-state index is 0.118. The molecular weight excluding hydrogens is 158 g/mol. The van der Waals surface area contributed by atoms with Crippen LogP contribution in [0.1, 0.15) is 20.3 Å². The minimum Gasteiger partial charge on any atom is -0.466 e. The molecule has 4 heteroatoms. The van der Waals surface area contributed by atoms with E-state index in [-0.39, 0.29) is 5.91 Å². The van der Waals surface area contributed by atoms with Crippen LogP contribution in [0.2, 0.25) is 0 Å². The van der Waals surface area contributed by atoms with Crippen LogP contribution in [0, 0.1) is 0 Å². The number of carbonyl (C=O) groups excluding carboxylic acids is 2. The molecule has 68 valence electrons. The van der Waals surface area contributed by atoms with Gasteiger partial charge >= 0.3 is 5.97 Å². The molecule has 0 saturated heterocycles. The number of hydrogen-bond donors (Lipinski definition) is 1. The van der Waals surface area contributed by atoms with E-state index in [2.05, 4.69) is 10.1 Å². The number of ether oxygens (including phenoxy) is 1. The monoisotopic (exact) mass is 171 g/mol. The summed E-state index contributed by atoms with van der Waals surface area (Å²) in [7, 11) is 1.29. The minimum atomic E-state index is -0.469. The molecule has 0 spiro atoms. The molecule has 12 heavy (non-hydrogen) atoms. The molecule has 0 heterocycles. The summed E-state index contributed by atoms with van der Waals surface area (Å²) in [5.74, 6) is -0.587. The molecule has 0 aliphatic rings. The molecule has 4 nitrogen and oxygen atoms in total. The lowest BCUT2D eigenvalue weighted by atomic mass is 10.4. The Bertz CT molecular complexity index is 208. The molecule has 0 unspecified atom stereocenters. The summed E-state index contributed by atoms with van der Waals surface area (Å²) in [6, 6.07) is 0. The molecular formula is C8H13NO3. The van der Waals surface area contributed by atoms with Crippen LogP contribution in [0.5, 0.6) is 0 Å². The van der Waals surface area contributed by atoms with E-state index in [1.54, 1.807) is 13.8 Å². The summed E-state index contributed by atoms with van der Waals surface area (Å²) in [5.41, 5.74) is 0.494. The van der Waals surface area contributed by atoms with E-state index in [0.29, 0.717) is 12.1 Å². The average molecular weight is 171 g/mol. The topological polar surface area (TPSA) is 55.4 Å². The summed E-state index contributed by atoms with van der Waals surface area (Å²) in [6.07, 6.45) is 1.62. The van der Waals surface area contributed by atoms with Gasteiger partial charge in [0.15, 0.2) is 0 Å². The van der Waals surface area contributed by atoms with E-state index in [1.807, 2.05) is 0 Å². The van der Waals surface area contributed by atoms with Gasteiger partial charge in [-0.25, -0.2) is 4.79 Å². The Labute approximate surface area is 71.6 Å². The van der Waals surface area contributed by atoms with Crippen LogP contribution in [-0.4, -0.2) is 19.0 Å². The normalized spacial score (nSPS) is 10.8. The Balaban J connectivity index is 4.02. The van der Waals surface area contributed by atoms with Gasteiger partial charge in [-0.05, 0) is 6.92 Å². The van der Waals surface area contributed by atoms with Crippen molar-refractivity contribution in [3.63, 3.8) is 0 Å². The number of amides is 1. The molecule has 0 atom stereocenters. The fourth-order valence-corrected chi connectivity index (χ4v) is 0.580. The molecule has 0 aliphatic heterocycles. The van der Waals surface area contributed by atoms with Crippen molar-refractivity contribution in [3.8, 4) is 0 Å². The van der Waals surface area contributed by atoms with Gasteiger partial charge in [0.2, 0.25) is 5.91 Å². The number of rotatable bonds is 3. The molecule has 0 rings (SSSR count). The maximum atomic E-state index is 10.8. The number of methoxy groups -OCH3 is 1. The smallest absolute Gasteiger partial charge is 0.332 e. The lowest BCUT2D eigenvalue weighted by molar-refractivity contribution is -0.134. The average Bonchev–Trinajstić information content (AvgIpc) is 2.03.